The van der Waals surface area contributed by atoms with Crippen molar-refractivity contribution < 1.29 is 9.47 Å². The number of nitrogens with zero attached hydrogens (tertiary/aromatic N) is 6. The molecule has 0 aliphatic rings. The van der Waals surface area contributed by atoms with Gasteiger partial charge in [0.05, 0.1) is 19.6 Å². The number of ether oxygens (including phenoxy) is 2. The predicted octanol–water partition coefficient (Wildman–Crippen LogP) is 2.87. The maximum absolute atomic E-state index is 5.42. The summed E-state index contributed by atoms with van der Waals surface area (Å²) in [5.74, 6) is 2.15. The Morgan fingerprint density at radius 2 is 1.80 bits per heavy atom. The fourth-order valence-corrected chi connectivity index (χ4v) is 3.80. The van der Waals surface area contributed by atoms with Crippen LogP contribution in [0.5, 0.6) is 11.5 Å². The summed E-state index contributed by atoms with van der Waals surface area (Å²) in [5, 5.41) is 5.73. The molecule has 0 N–H and O–H groups in total. The van der Waals surface area contributed by atoms with E-state index in [4.69, 9.17) is 19.4 Å². The van der Waals surface area contributed by atoms with E-state index in [2.05, 4.69) is 42.5 Å². The van der Waals surface area contributed by atoms with Crippen molar-refractivity contribution in [3.63, 3.8) is 0 Å². The van der Waals surface area contributed by atoms with Crippen molar-refractivity contribution in [2.24, 2.45) is 0 Å². The van der Waals surface area contributed by atoms with E-state index in [0.717, 1.165) is 41.2 Å². The largest absolute Gasteiger partial charge is 0.493 e. The molecule has 0 amide bonds. The van der Waals surface area contributed by atoms with Gasteiger partial charge in [-0.2, -0.15) is 0 Å². The van der Waals surface area contributed by atoms with Crippen LogP contribution in [-0.4, -0.2) is 63.9 Å². The van der Waals surface area contributed by atoms with Crippen LogP contribution < -0.4 is 9.47 Å². The van der Waals surface area contributed by atoms with Gasteiger partial charge in [0.2, 0.25) is 0 Å². The van der Waals surface area contributed by atoms with Gasteiger partial charge in [-0.25, -0.2) is 14.5 Å². The summed E-state index contributed by atoms with van der Waals surface area (Å²) < 4.78 is 14.8. The third-order valence-electron chi connectivity index (χ3n) is 5.57. The number of aromatic nitrogens is 5. The lowest BCUT2D eigenvalue weighted by Crippen LogP contribution is -2.19. The van der Waals surface area contributed by atoms with Crippen molar-refractivity contribution in [2.45, 2.75) is 26.8 Å². The highest BCUT2D eigenvalue weighted by Gasteiger charge is 2.18. The zero-order chi connectivity index (χ0) is 21.4. The number of hydrogen-bond acceptors (Lipinski definition) is 6. The molecule has 4 rings (SSSR count). The van der Waals surface area contributed by atoms with E-state index in [1.165, 1.54) is 11.3 Å². The molecule has 0 saturated heterocycles. The van der Waals surface area contributed by atoms with Gasteiger partial charge in [0.25, 0.3) is 0 Å². The molecule has 0 saturated carbocycles. The molecule has 30 heavy (non-hydrogen) atoms. The highest BCUT2D eigenvalue weighted by Crippen LogP contribution is 2.29. The van der Waals surface area contributed by atoms with E-state index in [1.54, 1.807) is 25.1 Å². The average Bonchev–Trinajstić information content (AvgIpc) is 3.24. The van der Waals surface area contributed by atoms with Crippen molar-refractivity contribution in [3.8, 4) is 11.5 Å². The minimum absolute atomic E-state index is 0.600. The minimum atomic E-state index is 0.600. The van der Waals surface area contributed by atoms with Gasteiger partial charge in [0.1, 0.15) is 12.0 Å². The molecule has 8 nitrogen and oxygen atoms in total. The van der Waals surface area contributed by atoms with Crippen LogP contribution in [0.4, 0.5) is 0 Å². The first-order valence-corrected chi connectivity index (χ1v) is 9.98. The topological polar surface area (TPSA) is 69.7 Å². The third-order valence-corrected chi connectivity index (χ3v) is 5.57. The van der Waals surface area contributed by atoms with E-state index < -0.39 is 0 Å². The van der Waals surface area contributed by atoms with Crippen LogP contribution in [0.3, 0.4) is 0 Å². The monoisotopic (exact) mass is 408 g/mol. The third kappa shape index (κ3) is 3.47. The van der Waals surface area contributed by atoms with Gasteiger partial charge in [-0.1, -0.05) is 6.07 Å². The van der Waals surface area contributed by atoms with Gasteiger partial charge in [-0.15, -0.1) is 5.10 Å². The summed E-state index contributed by atoms with van der Waals surface area (Å²) in [4.78, 5) is 11.7. The molecular weight excluding hydrogens is 380 g/mol. The maximum Gasteiger partial charge on any atom is 0.168 e. The molecule has 0 fully saturated rings. The maximum atomic E-state index is 5.42. The predicted molar refractivity (Wildman–Crippen MR) is 117 cm³/mol. The first kappa shape index (κ1) is 20.2. The van der Waals surface area contributed by atoms with Gasteiger partial charge < -0.3 is 18.9 Å². The Labute approximate surface area is 176 Å². The highest BCUT2D eigenvalue weighted by molar-refractivity contribution is 5.93. The normalized spacial score (nSPS) is 11.7. The van der Waals surface area contributed by atoms with Crippen LogP contribution in [0, 0.1) is 13.8 Å². The van der Waals surface area contributed by atoms with Crippen molar-refractivity contribution >= 4 is 16.7 Å². The molecule has 0 unspecified atom stereocenters. The molecule has 0 spiro atoms. The highest BCUT2D eigenvalue weighted by atomic mass is 16.5. The van der Waals surface area contributed by atoms with E-state index in [9.17, 15) is 0 Å². The Balaban J connectivity index is 1.74. The number of benzene rings is 1. The number of aryl methyl sites for hydroxylation is 1. The quantitative estimate of drug-likeness (QED) is 0.468. The second-order valence-electron chi connectivity index (χ2n) is 7.77. The summed E-state index contributed by atoms with van der Waals surface area (Å²) in [6.07, 6.45) is 2.36. The summed E-state index contributed by atoms with van der Waals surface area (Å²) >= 11 is 0. The number of methoxy groups -OCH3 is 2. The fraction of sp³-hybridized carbons (Fsp3) is 0.409. The van der Waals surface area contributed by atoms with Crippen molar-refractivity contribution in [1.29, 1.82) is 0 Å². The molecule has 0 atom stereocenters. The Morgan fingerprint density at radius 3 is 2.50 bits per heavy atom. The number of rotatable bonds is 7. The van der Waals surface area contributed by atoms with Gasteiger partial charge in [-0.05, 0) is 51.2 Å². The van der Waals surface area contributed by atoms with Crippen LogP contribution in [0.15, 0.2) is 24.5 Å². The van der Waals surface area contributed by atoms with E-state index >= 15 is 0 Å². The van der Waals surface area contributed by atoms with E-state index in [0.29, 0.717) is 17.9 Å². The molecule has 0 bridgehead atoms. The second-order valence-corrected chi connectivity index (χ2v) is 7.77. The molecule has 3 aromatic heterocycles. The van der Waals surface area contributed by atoms with Crippen molar-refractivity contribution in [3.05, 3.63) is 47.2 Å². The molecule has 0 aliphatic heterocycles. The van der Waals surface area contributed by atoms with Crippen LogP contribution >= 0.6 is 0 Å². The molecule has 3 heterocycles. The van der Waals surface area contributed by atoms with Crippen LogP contribution in [0.1, 0.15) is 22.6 Å². The van der Waals surface area contributed by atoms with E-state index in [1.807, 2.05) is 18.2 Å². The Bertz CT molecular complexity index is 1210. The minimum Gasteiger partial charge on any atom is -0.493 e. The summed E-state index contributed by atoms with van der Waals surface area (Å²) in [7, 11) is 7.44. The molecule has 0 radical (unpaired) electrons. The number of hydrogen-bond donors (Lipinski definition) is 0. The van der Waals surface area contributed by atoms with Gasteiger partial charge in [0, 0.05) is 25.2 Å². The molecule has 0 aliphatic carbocycles. The summed E-state index contributed by atoms with van der Waals surface area (Å²) in [6.45, 7) is 6.12. The van der Waals surface area contributed by atoms with Gasteiger partial charge in [0.15, 0.2) is 23.0 Å². The van der Waals surface area contributed by atoms with Crippen molar-refractivity contribution in [1.82, 2.24) is 29.0 Å². The SMILES string of the molecule is COc1ccc(Cc2nc3c4c(C)c(C)n(CCN(C)C)c4ncn3n2)cc1OC. The number of likely N-dealkylation sites (N-methyl/N-ethyl adjacent to an activating group) is 1. The Hall–Kier alpha value is -3.13. The Morgan fingerprint density at radius 1 is 1.03 bits per heavy atom. The van der Waals surface area contributed by atoms with Gasteiger partial charge >= 0.3 is 0 Å². The standard InChI is InChI=1S/C22H28N6O2/c1-14-15(2)27(10-9-26(3)4)21-20(14)22-24-19(25-28(22)13-23-21)12-16-7-8-17(29-5)18(11-16)30-6/h7-8,11,13H,9-10,12H2,1-6H3. The lowest BCUT2D eigenvalue weighted by Gasteiger charge is -2.12. The smallest absolute Gasteiger partial charge is 0.168 e. The molecular formula is C22H28N6O2. The zero-order valence-electron chi connectivity index (χ0n) is 18.4. The van der Waals surface area contributed by atoms with Crippen LogP contribution in [0.25, 0.3) is 16.7 Å². The summed E-state index contributed by atoms with van der Waals surface area (Å²) in [6, 6.07) is 5.88. The number of fused-ring (bicyclic) bond motifs is 3. The molecule has 1 aromatic carbocycles. The first-order valence-electron chi connectivity index (χ1n) is 9.98. The van der Waals surface area contributed by atoms with Crippen LogP contribution in [0.2, 0.25) is 0 Å². The van der Waals surface area contributed by atoms with Crippen molar-refractivity contribution in [2.75, 3.05) is 34.9 Å². The fourth-order valence-electron chi connectivity index (χ4n) is 3.80. The molecule has 158 valence electrons. The summed E-state index contributed by atoms with van der Waals surface area (Å²) in [5.41, 5.74) is 5.29. The molecule has 4 aromatic rings. The average molecular weight is 409 g/mol. The van der Waals surface area contributed by atoms with E-state index in [-0.39, 0.29) is 0 Å². The molecule has 8 heteroatoms. The lowest BCUT2D eigenvalue weighted by molar-refractivity contribution is 0.354. The Kier molecular flexibility index (Phi) is 5.34. The zero-order valence-corrected chi connectivity index (χ0v) is 18.4. The van der Waals surface area contributed by atoms with Gasteiger partial charge in [-0.3, -0.25) is 0 Å². The second kappa shape index (κ2) is 7.95. The van der Waals surface area contributed by atoms with Crippen LogP contribution in [-0.2, 0) is 13.0 Å². The lowest BCUT2D eigenvalue weighted by atomic mass is 10.1. The first-order chi connectivity index (χ1) is 14.4.